The van der Waals surface area contributed by atoms with Crippen LogP contribution in [0.1, 0.15) is 37.3 Å². The number of rotatable bonds is 7. The number of aliphatic hydroxyl groups is 1. The van der Waals surface area contributed by atoms with Gasteiger partial charge in [-0.15, -0.1) is 37.1 Å². The Morgan fingerprint density at radius 3 is 2.68 bits per heavy atom. The minimum absolute atomic E-state index is 0. The molecule has 3 N–H and O–H groups in total. The smallest absolute Gasteiger partial charge is 0.405 e. The molecule has 3 unspecified atom stereocenters. The van der Waals surface area contributed by atoms with E-state index in [2.05, 4.69) is 25.5 Å². The van der Waals surface area contributed by atoms with Gasteiger partial charge in [0.2, 0.25) is 0 Å². The highest BCUT2D eigenvalue weighted by molar-refractivity contribution is 14.0. The van der Waals surface area contributed by atoms with Gasteiger partial charge in [0.15, 0.2) is 5.96 Å². The first kappa shape index (κ1) is 25.2. The fourth-order valence-corrected chi connectivity index (χ4v) is 3.22. The van der Waals surface area contributed by atoms with Gasteiger partial charge in [0.05, 0.1) is 12.7 Å². The summed E-state index contributed by atoms with van der Waals surface area (Å²) in [5, 5.41) is 21.1. The molecule has 1 heterocycles. The summed E-state index contributed by atoms with van der Waals surface area (Å²) in [5.74, 6) is 0.190. The Balaban J connectivity index is 0.00000341. The maximum absolute atomic E-state index is 12.7. The molecule has 3 rings (SSSR count). The van der Waals surface area contributed by atoms with Gasteiger partial charge < -0.3 is 20.5 Å². The molecule has 0 amide bonds. The summed E-state index contributed by atoms with van der Waals surface area (Å²) < 4.78 is 43.8. The number of aromatic nitrogens is 2. The van der Waals surface area contributed by atoms with Crippen molar-refractivity contribution in [1.29, 1.82) is 0 Å². The first-order valence-electron chi connectivity index (χ1n) is 9.70. The second kappa shape index (κ2) is 10.1. The van der Waals surface area contributed by atoms with Gasteiger partial charge in [-0.1, -0.05) is 18.2 Å². The third-order valence-corrected chi connectivity index (χ3v) is 4.87. The van der Waals surface area contributed by atoms with E-state index >= 15 is 0 Å². The van der Waals surface area contributed by atoms with Crippen molar-refractivity contribution in [3.8, 4) is 5.75 Å². The number of para-hydroxylation sites is 1. The van der Waals surface area contributed by atoms with Crippen LogP contribution in [0.2, 0.25) is 0 Å². The fourth-order valence-electron chi connectivity index (χ4n) is 3.22. The molecule has 0 spiro atoms. The van der Waals surface area contributed by atoms with Crippen LogP contribution in [0.25, 0.3) is 0 Å². The molecule has 11 heteroatoms. The zero-order valence-corrected chi connectivity index (χ0v) is 19.8. The van der Waals surface area contributed by atoms with Gasteiger partial charge in [-0.25, -0.2) is 4.99 Å². The van der Waals surface area contributed by atoms with E-state index in [-0.39, 0.29) is 48.2 Å². The summed E-state index contributed by atoms with van der Waals surface area (Å²) in [6, 6.07) is 6.09. The van der Waals surface area contributed by atoms with Crippen LogP contribution < -0.4 is 15.4 Å². The maximum Gasteiger partial charge on any atom is 0.573 e. The third kappa shape index (κ3) is 6.99. The van der Waals surface area contributed by atoms with Gasteiger partial charge in [-0.05, 0) is 31.9 Å². The monoisotopic (exact) mass is 553 g/mol. The molecule has 1 aliphatic rings. The van der Waals surface area contributed by atoms with E-state index in [9.17, 15) is 18.3 Å². The second-order valence-electron chi connectivity index (χ2n) is 7.55. The van der Waals surface area contributed by atoms with Crippen LogP contribution >= 0.6 is 24.0 Å². The molecule has 172 valence electrons. The molecule has 2 aromatic rings. The van der Waals surface area contributed by atoms with Crippen molar-refractivity contribution < 1.29 is 23.0 Å². The van der Waals surface area contributed by atoms with E-state index < -0.39 is 12.0 Å². The molecule has 3 atom stereocenters. The van der Waals surface area contributed by atoms with Gasteiger partial charge in [0.1, 0.15) is 11.4 Å². The summed E-state index contributed by atoms with van der Waals surface area (Å²) in [7, 11) is 1.77. The Morgan fingerprint density at radius 2 is 2.06 bits per heavy atom. The molecule has 1 aliphatic carbocycles. The number of nitrogens with zero attached hydrogens (tertiary/aromatic N) is 3. The number of ether oxygens (including phenoxy) is 1. The van der Waals surface area contributed by atoms with E-state index in [1.807, 2.05) is 6.92 Å². The molecule has 0 aliphatic heterocycles. The Kier molecular flexibility index (Phi) is 8.20. The minimum atomic E-state index is -4.73. The SMILES string of the molecule is CCNC(=NCC(C)(O)c1cnn(C)c1)NC1CC1c1ccccc1OC(F)(F)F.I. The standard InChI is InChI=1S/C20H26F3N5O2.HI/c1-4-24-18(25-12-19(2,29)13-10-26-28(3)11-13)27-16-9-15(16)14-7-5-6-8-17(14)30-20(21,22)23;/h5-8,10-11,15-16,29H,4,9,12H2,1-3H3,(H2,24,25,27);1H. The van der Waals surface area contributed by atoms with Crippen LogP contribution in [-0.4, -0.2) is 46.3 Å². The molecule has 1 aromatic heterocycles. The highest BCUT2D eigenvalue weighted by Gasteiger charge is 2.42. The summed E-state index contributed by atoms with van der Waals surface area (Å²) in [5.41, 5.74) is -0.0511. The molecule has 1 aromatic carbocycles. The van der Waals surface area contributed by atoms with Gasteiger partial charge in [0.25, 0.3) is 0 Å². The van der Waals surface area contributed by atoms with E-state index in [0.717, 1.165) is 0 Å². The van der Waals surface area contributed by atoms with Crippen LogP contribution in [0.4, 0.5) is 13.2 Å². The molecular weight excluding hydrogens is 526 g/mol. The van der Waals surface area contributed by atoms with Crippen LogP contribution in [0.3, 0.4) is 0 Å². The lowest BCUT2D eigenvalue weighted by Crippen LogP contribution is -2.40. The molecular formula is C20H27F3IN5O2. The molecule has 0 bridgehead atoms. The lowest BCUT2D eigenvalue weighted by atomic mass is 10.0. The van der Waals surface area contributed by atoms with Crippen LogP contribution in [0.15, 0.2) is 41.7 Å². The summed E-state index contributed by atoms with van der Waals surface area (Å²) in [4.78, 5) is 4.46. The molecule has 1 fully saturated rings. The minimum Gasteiger partial charge on any atom is -0.405 e. The maximum atomic E-state index is 12.7. The number of hydrogen-bond acceptors (Lipinski definition) is 4. The number of guanidine groups is 1. The summed E-state index contributed by atoms with van der Waals surface area (Å²) in [6.45, 7) is 4.26. The molecule has 7 nitrogen and oxygen atoms in total. The average molecular weight is 553 g/mol. The van der Waals surface area contributed by atoms with E-state index in [0.29, 0.717) is 30.1 Å². The Bertz CT molecular complexity index is 901. The average Bonchev–Trinajstić information content (AvgIpc) is 3.26. The number of benzene rings is 1. The number of aryl methyl sites for hydroxylation is 1. The molecule has 0 radical (unpaired) electrons. The number of hydrogen-bond donors (Lipinski definition) is 3. The van der Waals surface area contributed by atoms with Crippen molar-refractivity contribution in [1.82, 2.24) is 20.4 Å². The number of halogens is 4. The van der Waals surface area contributed by atoms with Gasteiger partial charge in [0, 0.05) is 37.3 Å². The lowest BCUT2D eigenvalue weighted by molar-refractivity contribution is -0.274. The Hall–Kier alpha value is -2.02. The molecule has 31 heavy (non-hydrogen) atoms. The van der Waals surface area contributed by atoms with Crippen molar-refractivity contribution in [2.75, 3.05) is 13.1 Å². The van der Waals surface area contributed by atoms with Crippen LogP contribution in [-0.2, 0) is 12.6 Å². The topological polar surface area (TPSA) is 83.7 Å². The van der Waals surface area contributed by atoms with E-state index in [1.54, 1.807) is 43.2 Å². The number of aliphatic imine (C=N–C) groups is 1. The van der Waals surface area contributed by atoms with Crippen LogP contribution in [0, 0.1) is 0 Å². The molecule has 0 saturated heterocycles. The van der Waals surface area contributed by atoms with Crippen molar-refractivity contribution in [2.45, 2.75) is 44.2 Å². The second-order valence-corrected chi connectivity index (χ2v) is 7.55. The first-order valence-corrected chi connectivity index (χ1v) is 9.70. The highest BCUT2D eigenvalue weighted by Crippen LogP contribution is 2.45. The number of nitrogens with one attached hydrogen (secondary N) is 2. The van der Waals surface area contributed by atoms with E-state index in [1.165, 1.54) is 12.1 Å². The summed E-state index contributed by atoms with van der Waals surface area (Å²) in [6.07, 6.45) is -0.765. The van der Waals surface area contributed by atoms with Crippen LogP contribution in [0.5, 0.6) is 5.75 Å². The number of alkyl halides is 3. The van der Waals surface area contributed by atoms with E-state index in [4.69, 9.17) is 0 Å². The summed E-state index contributed by atoms with van der Waals surface area (Å²) >= 11 is 0. The van der Waals surface area contributed by atoms with Crippen molar-refractivity contribution in [2.24, 2.45) is 12.0 Å². The fraction of sp³-hybridized carbons (Fsp3) is 0.500. The normalized spacial score (nSPS) is 20.4. The first-order chi connectivity index (χ1) is 14.1. The predicted octanol–water partition coefficient (Wildman–Crippen LogP) is 3.26. The largest absolute Gasteiger partial charge is 0.573 e. The van der Waals surface area contributed by atoms with Gasteiger partial charge in [-0.3, -0.25) is 4.68 Å². The predicted molar refractivity (Wildman–Crippen MR) is 122 cm³/mol. The lowest BCUT2D eigenvalue weighted by Gasteiger charge is -2.20. The molecule has 1 saturated carbocycles. The zero-order valence-electron chi connectivity index (χ0n) is 17.5. The quantitative estimate of drug-likeness (QED) is 0.279. The Morgan fingerprint density at radius 1 is 1.35 bits per heavy atom. The van der Waals surface area contributed by atoms with Crippen molar-refractivity contribution >= 4 is 29.9 Å². The zero-order chi connectivity index (χ0) is 21.9. The van der Waals surface area contributed by atoms with Crippen molar-refractivity contribution in [3.05, 3.63) is 47.8 Å². The Labute approximate surface area is 196 Å². The van der Waals surface area contributed by atoms with Gasteiger partial charge >= 0.3 is 6.36 Å². The van der Waals surface area contributed by atoms with Gasteiger partial charge in [-0.2, -0.15) is 5.10 Å². The van der Waals surface area contributed by atoms with Crippen molar-refractivity contribution in [3.63, 3.8) is 0 Å². The third-order valence-electron chi connectivity index (χ3n) is 4.87. The highest BCUT2D eigenvalue weighted by atomic mass is 127.